The van der Waals surface area contributed by atoms with Gasteiger partial charge in [-0.25, -0.2) is 4.98 Å². The molecule has 14 heavy (non-hydrogen) atoms. The lowest BCUT2D eigenvalue weighted by Crippen LogP contribution is -2.11. The number of thioether (sulfide) groups is 1. The van der Waals surface area contributed by atoms with Crippen LogP contribution < -0.4 is 5.73 Å². The number of primary amides is 1. The second-order valence-corrected chi connectivity index (χ2v) is 3.65. The fourth-order valence-corrected chi connectivity index (χ4v) is 1.94. The highest BCUT2D eigenvalue weighted by molar-refractivity contribution is 7.98. The molecule has 1 aromatic heterocycles. The summed E-state index contributed by atoms with van der Waals surface area (Å²) in [5, 5.41) is 0. The van der Waals surface area contributed by atoms with Crippen LogP contribution in [0.15, 0.2) is 23.4 Å². The van der Waals surface area contributed by atoms with Gasteiger partial charge in [-0.3, -0.25) is 4.79 Å². The van der Waals surface area contributed by atoms with E-state index in [1.165, 1.54) is 0 Å². The number of benzene rings is 1. The minimum absolute atomic E-state index is 0.449. The lowest BCUT2D eigenvalue weighted by Gasteiger charge is -2.01. The third-order valence-corrected chi connectivity index (χ3v) is 2.81. The Bertz CT molecular complexity index is 492. The molecule has 0 aliphatic rings. The first-order valence-electron chi connectivity index (χ1n) is 4.04. The molecule has 1 aromatic carbocycles. The summed E-state index contributed by atoms with van der Waals surface area (Å²) in [4.78, 5) is 19.2. The predicted molar refractivity (Wildman–Crippen MR) is 56.4 cm³/mol. The number of nitrogens with zero attached hydrogens (tertiary/aromatic N) is 1. The first-order valence-corrected chi connectivity index (χ1v) is 5.26. The van der Waals surface area contributed by atoms with Crippen molar-refractivity contribution in [2.45, 2.75) is 4.90 Å². The van der Waals surface area contributed by atoms with Crippen LogP contribution in [0.3, 0.4) is 0 Å². The number of nitrogens with one attached hydrogen (secondary N) is 1. The van der Waals surface area contributed by atoms with E-state index in [1.807, 2.05) is 12.3 Å². The van der Waals surface area contributed by atoms with Crippen LogP contribution >= 0.6 is 11.8 Å². The van der Waals surface area contributed by atoms with Crippen LogP contribution in [0.4, 0.5) is 0 Å². The second-order valence-electron chi connectivity index (χ2n) is 2.81. The Hall–Kier alpha value is -1.49. The molecule has 0 bridgehead atoms. The predicted octanol–water partition coefficient (Wildman–Crippen LogP) is 1.38. The Kier molecular flexibility index (Phi) is 2.17. The standard InChI is InChI=1S/C9H9N3OS/c1-14-6-3-2-5(9(10)13)7-8(6)12-4-11-7/h2-4H,1H3,(H2,10,13)(H,11,12). The summed E-state index contributed by atoms with van der Waals surface area (Å²) in [6.45, 7) is 0. The van der Waals surface area contributed by atoms with Gasteiger partial charge >= 0.3 is 0 Å². The minimum atomic E-state index is -0.449. The maximum atomic E-state index is 11.1. The van der Waals surface area contributed by atoms with E-state index in [1.54, 1.807) is 24.2 Å². The first kappa shape index (κ1) is 9.08. The van der Waals surface area contributed by atoms with Gasteiger partial charge in [0.25, 0.3) is 5.91 Å². The van der Waals surface area contributed by atoms with Crippen molar-refractivity contribution in [1.82, 2.24) is 9.97 Å². The maximum absolute atomic E-state index is 11.1. The van der Waals surface area contributed by atoms with Crippen LogP contribution in [-0.4, -0.2) is 22.1 Å². The van der Waals surface area contributed by atoms with Crippen molar-refractivity contribution in [2.24, 2.45) is 5.73 Å². The molecule has 2 aromatic rings. The fourth-order valence-electron chi connectivity index (χ4n) is 1.38. The number of carbonyl (C=O) groups is 1. The molecule has 0 unspecified atom stereocenters. The SMILES string of the molecule is CSc1ccc(C(N)=O)c2nc[nH]c12. The zero-order valence-corrected chi connectivity index (χ0v) is 8.39. The number of nitrogens with two attached hydrogens (primary N) is 1. The highest BCUT2D eigenvalue weighted by atomic mass is 32.2. The van der Waals surface area contributed by atoms with Crippen molar-refractivity contribution in [1.29, 1.82) is 0 Å². The maximum Gasteiger partial charge on any atom is 0.250 e. The van der Waals surface area contributed by atoms with Gasteiger partial charge in [-0.15, -0.1) is 11.8 Å². The molecule has 0 aliphatic carbocycles. The highest BCUT2D eigenvalue weighted by Gasteiger charge is 2.11. The molecule has 5 heteroatoms. The first-order chi connectivity index (χ1) is 6.74. The van der Waals surface area contributed by atoms with Crippen LogP contribution in [0, 0.1) is 0 Å². The molecule has 3 N–H and O–H groups in total. The molecular formula is C9H9N3OS. The number of amides is 1. The summed E-state index contributed by atoms with van der Waals surface area (Å²) in [5.74, 6) is -0.449. The number of hydrogen-bond donors (Lipinski definition) is 2. The summed E-state index contributed by atoms with van der Waals surface area (Å²) in [6.07, 6.45) is 3.54. The van der Waals surface area contributed by atoms with E-state index in [-0.39, 0.29) is 0 Å². The average Bonchev–Trinajstić information content (AvgIpc) is 2.64. The molecule has 0 spiro atoms. The number of H-pyrrole nitrogens is 1. The van der Waals surface area contributed by atoms with Crippen LogP contribution in [0.2, 0.25) is 0 Å². The summed E-state index contributed by atoms with van der Waals surface area (Å²) >= 11 is 1.60. The van der Waals surface area contributed by atoms with Gasteiger partial charge in [-0.1, -0.05) is 0 Å². The summed E-state index contributed by atoms with van der Waals surface area (Å²) in [7, 11) is 0. The van der Waals surface area contributed by atoms with Gasteiger partial charge in [0.1, 0.15) is 5.52 Å². The number of fused-ring (bicyclic) bond motifs is 1. The second kappa shape index (κ2) is 3.34. The molecule has 0 radical (unpaired) electrons. The average molecular weight is 207 g/mol. The van der Waals surface area contributed by atoms with Gasteiger partial charge in [0.15, 0.2) is 0 Å². The van der Waals surface area contributed by atoms with Gasteiger partial charge in [0.2, 0.25) is 0 Å². The molecule has 0 atom stereocenters. The van der Waals surface area contributed by atoms with Gasteiger partial charge < -0.3 is 10.7 Å². The smallest absolute Gasteiger partial charge is 0.250 e. The van der Waals surface area contributed by atoms with Gasteiger partial charge in [-0.05, 0) is 18.4 Å². The molecule has 4 nitrogen and oxygen atoms in total. The Morgan fingerprint density at radius 2 is 2.36 bits per heavy atom. The third kappa shape index (κ3) is 1.26. The van der Waals surface area contributed by atoms with E-state index in [0.29, 0.717) is 11.1 Å². The molecule has 0 saturated carbocycles. The molecular weight excluding hydrogens is 198 g/mol. The van der Waals surface area contributed by atoms with Gasteiger partial charge in [0, 0.05) is 4.90 Å². The van der Waals surface area contributed by atoms with Gasteiger partial charge in [-0.2, -0.15) is 0 Å². The van der Waals surface area contributed by atoms with Crippen LogP contribution in [0.25, 0.3) is 11.0 Å². The van der Waals surface area contributed by atoms with E-state index >= 15 is 0 Å². The molecule has 72 valence electrons. The Morgan fingerprint density at radius 3 is 3.00 bits per heavy atom. The van der Waals surface area contributed by atoms with Gasteiger partial charge in [0.05, 0.1) is 17.4 Å². The zero-order chi connectivity index (χ0) is 10.1. The third-order valence-electron chi connectivity index (χ3n) is 2.03. The fraction of sp³-hybridized carbons (Fsp3) is 0.111. The Balaban J connectivity index is 2.78. The number of imidazole rings is 1. The van der Waals surface area contributed by atoms with E-state index in [0.717, 1.165) is 10.4 Å². The van der Waals surface area contributed by atoms with Crippen molar-refractivity contribution in [3.8, 4) is 0 Å². The molecule has 1 amide bonds. The van der Waals surface area contributed by atoms with Crippen molar-refractivity contribution in [3.05, 3.63) is 24.0 Å². The molecule has 0 fully saturated rings. The minimum Gasteiger partial charge on any atom is -0.366 e. The monoisotopic (exact) mass is 207 g/mol. The number of carbonyl (C=O) groups excluding carboxylic acids is 1. The lowest BCUT2D eigenvalue weighted by molar-refractivity contribution is 0.100. The molecule has 0 saturated heterocycles. The van der Waals surface area contributed by atoms with Crippen LogP contribution in [-0.2, 0) is 0 Å². The van der Waals surface area contributed by atoms with Crippen LogP contribution in [0.1, 0.15) is 10.4 Å². The van der Waals surface area contributed by atoms with E-state index < -0.39 is 5.91 Å². The molecule has 1 heterocycles. The molecule has 2 rings (SSSR count). The topological polar surface area (TPSA) is 71.8 Å². The Labute approximate surface area is 84.9 Å². The number of hydrogen-bond acceptors (Lipinski definition) is 3. The normalized spacial score (nSPS) is 10.6. The van der Waals surface area contributed by atoms with Crippen LogP contribution in [0.5, 0.6) is 0 Å². The largest absolute Gasteiger partial charge is 0.366 e. The zero-order valence-electron chi connectivity index (χ0n) is 7.57. The summed E-state index contributed by atoms with van der Waals surface area (Å²) in [6, 6.07) is 3.57. The lowest BCUT2D eigenvalue weighted by atomic mass is 10.2. The van der Waals surface area contributed by atoms with Crippen molar-refractivity contribution in [2.75, 3.05) is 6.26 Å². The van der Waals surface area contributed by atoms with E-state index in [9.17, 15) is 4.79 Å². The van der Waals surface area contributed by atoms with E-state index in [2.05, 4.69) is 9.97 Å². The quantitative estimate of drug-likeness (QED) is 0.731. The highest BCUT2D eigenvalue weighted by Crippen LogP contribution is 2.25. The van der Waals surface area contributed by atoms with Crippen molar-refractivity contribution < 1.29 is 4.79 Å². The Morgan fingerprint density at radius 1 is 1.57 bits per heavy atom. The van der Waals surface area contributed by atoms with Crippen molar-refractivity contribution >= 4 is 28.7 Å². The summed E-state index contributed by atoms with van der Waals surface area (Å²) < 4.78 is 0. The number of rotatable bonds is 2. The van der Waals surface area contributed by atoms with Crippen molar-refractivity contribution in [3.63, 3.8) is 0 Å². The number of aromatic nitrogens is 2. The van der Waals surface area contributed by atoms with E-state index in [4.69, 9.17) is 5.73 Å². The number of aromatic amines is 1. The molecule has 0 aliphatic heterocycles. The summed E-state index contributed by atoms with van der Waals surface area (Å²) in [5.41, 5.74) is 7.20.